The number of carboxylic acid groups (broad SMARTS) is 1. The van der Waals surface area contributed by atoms with Gasteiger partial charge in [0.2, 0.25) is 0 Å². The molecule has 0 radical (unpaired) electrons. The fourth-order valence-corrected chi connectivity index (χ4v) is 1.46. The van der Waals surface area contributed by atoms with Crippen LogP contribution in [-0.4, -0.2) is 23.7 Å². The second kappa shape index (κ2) is 22.9. The first-order valence-electron chi connectivity index (χ1n) is 8.88. The van der Waals surface area contributed by atoms with Gasteiger partial charge in [-0.05, 0) is 12.8 Å². The lowest BCUT2D eigenvalue weighted by molar-refractivity contribution is -0.143. The van der Waals surface area contributed by atoms with E-state index < -0.39 is 5.97 Å². The predicted molar refractivity (Wildman–Crippen MR) is 112 cm³/mol. The molecule has 0 rings (SSSR count). The number of ether oxygens (including phenoxy) is 1. The van der Waals surface area contributed by atoms with Gasteiger partial charge in [0.15, 0.2) is 0 Å². The topological polar surface area (TPSA) is 63.6 Å². The Balaban J connectivity index is -0.000000316. The molecular weight excluding hydrogens is 422 g/mol. The zero-order valence-electron chi connectivity index (χ0n) is 16.1. The molecule has 0 aromatic heterocycles. The van der Waals surface area contributed by atoms with E-state index in [-0.39, 0.29) is 20.9 Å². The van der Waals surface area contributed by atoms with Crippen LogP contribution in [-0.2, 0) is 14.3 Å². The number of carbonyl (C=O) groups is 2. The molecular formula is C18H32Cl4O4. The van der Waals surface area contributed by atoms with Gasteiger partial charge < -0.3 is 9.84 Å². The molecule has 8 heteroatoms. The van der Waals surface area contributed by atoms with Crippen molar-refractivity contribution in [3.05, 3.63) is 8.98 Å². The largest absolute Gasteiger partial charge is 0.481 e. The monoisotopic (exact) mass is 452 g/mol. The van der Waals surface area contributed by atoms with Crippen molar-refractivity contribution in [1.29, 1.82) is 0 Å². The Hall–Kier alpha value is -0.160. The van der Waals surface area contributed by atoms with Crippen molar-refractivity contribution in [2.45, 2.75) is 79.1 Å². The molecule has 4 nitrogen and oxygen atoms in total. The molecule has 0 bridgehead atoms. The Kier molecular flexibility index (Phi) is 26.9. The van der Waals surface area contributed by atoms with Crippen molar-refractivity contribution in [3.8, 4) is 0 Å². The smallest absolute Gasteiger partial charge is 0.306 e. The van der Waals surface area contributed by atoms with Crippen LogP contribution in [0.25, 0.3) is 0 Å². The van der Waals surface area contributed by atoms with Gasteiger partial charge in [-0.15, -0.1) is 0 Å². The van der Waals surface area contributed by atoms with Crippen LogP contribution in [0.5, 0.6) is 0 Å². The third-order valence-electron chi connectivity index (χ3n) is 3.10. The average molecular weight is 454 g/mol. The summed E-state index contributed by atoms with van der Waals surface area (Å²) in [6.45, 7) is 8.41. The number of rotatable bonds is 10. The van der Waals surface area contributed by atoms with Gasteiger partial charge in [0.05, 0.1) is 12.5 Å². The molecule has 156 valence electrons. The first kappa shape index (κ1) is 30.6. The predicted octanol–water partition coefficient (Wildman–Crippen LogP) is 7.49. The van der Waals surface area contributed by atoms with Gasteiger partial charge in [-0.25, -0.2) is 0 Å². The van der Waals surface area contributed by atoms with Gasteiger partial charge in [-0.2, -0.15) is 0 Å². The molecule has 1 atom stereocenters. The SMILES string of the molecule is CCCCCC(C)C(=O)O.CCCCCOC(=O)CC.ClC(Cl)=C(Cl)Cl. The van der Waals surface area contributed by atoms with Crippen molar-refractivity contribution < 1.29 is 19.4 Å². The van der Waals surface area contributed by atoms with Crippen LogP contribution in [0.15, 0.2) is 8.98 Å². The first-order valence-corrected chi connectivity index (χ1v) is 10.4. The van der Waals surface area contributed by atoms with Gasteiger partial charge in [0.25, 0.3) is 0 Å². The van der Waals surface area contributed by atoms with E-state index in [2.05, 4.69) is 13.8 Å². The Bertz CT molecular complexity index is 367. The van der Waals surface area contributed by atoms with Gasteiger partial charge in [-0.3, -0.25) is 9.59 Å². The summed E-state index contributed by atoms with van der Waals surface area (Å²) in [5.74, 6) is -0.918. The fraction of sp³-hybridized carbons (Fsp3) is 0.778. The minimum absolute atomic E-state index is 0.0869. The number of esters is 1. The van der Waals surface area contributed by atoms with E-state index in [0.717, 1.165) is 38.5 Å². The summed E-state index contributed by atoms with van der Waals surface area (Å²) in [4.78, 5) is 20.8. The number of aliphatic carboxylic acids is 1. The number of halogens is 4. The second-order valence-corrected chi connectivity index (χ2v) is 7.44. The zero-order valence-corrected chi connectivity index (χ0v) is 19.1. The number of unbranched alkanes of at least 4 members (excludes halogenated alkanes) is 4. The summed E-state index contributed by atoms with van der Waals surface area (Å²) in [6, 6.07) is 0. The van der Waals surface area contributed by atoms with Gasteiger partial charge in [0.1, 0.15) is 8.98 Å². The van der Waals surface area contributed by atoms with E-state index in [4.69, 9.17) is 56.2 Å². The van der Waals surface area contributed by atoms with Crippen LogP contribution in [0.2, 0.25) is 0 Å². The van der Waals surface area contributed by atoms with E-state index >= 15 is 0 Å². The fourth-order valence-electron chi connectivity index (χ4n) is 1.46. The molecule has 0 saturated carbocycles. The molecule has 1 unspecified atom stereocenters. The molecule has 0 aromatic carbocycles. The van der Waals surface area contributed by atoms with Crippen molar-refractivity contribution >= 4 is 58.3 Å². The summed E-state index contributed by atoms with van der Waals surface area (Å²) in [7, 11) is 0. The Morgan fingerprint density at radius 1 is 0.885 bits per heavy atom. The summed E-state index contributed by atoms with van der Waals surface area (Å²) in [5.41, 5.74) is 0. The van der Waals surface area contributed by atoms with E-state index in [1.165, 1.54) is 6.42 Å². The molecule has 0 spiro atoms. The minimum Gasteiger partial charge on any atom is -0.481 e. The number of carbonyl (C=O) groups excluding carboxylic acids is 1. The van der Waals surface area contributed by atoms with Gasteiger partial charge >= 0.3 is 11.9 Å². The average Bonchev–Trinajstić information content (AvgIpc) is 2.59. The van der Waals surface area contributed by atoms with Crippen molar-refractivity contribution in [2.24, 2.45) is 5.92 Å². The third-order valence-corrected chi connectivity index (χ3v) is 4.25. The number of carboxylic acids is 1. The molecule has 0 heterocycles. The van der Waals surface area contributed by atoms with E-state index in [1.54, 1.807) is 6.92 Å². The van der Waals surface area contributed by atoms with Crippen LogP contribution in [0, 0.1) is 5.92 Å². The van der Waals surface area contributed by atoms with Crippen LogP contribution >= 0.6 is 46.4 Å². The lowest BCUT2D eigenvalue weighted by Gasteiger charge is -2.03. The highest BCUT2D eigenvalue weighted by molar-refractivity contribution is 6.67. The molecule has 0 aromatic rings. The molecule has 26 heavy (non-hydrogen) atoms. The minimum atomic E-state index is -0.670. The van der Waals surface area contributed by atoms with Crippen LogP contribution in [0.1, 0.15) is 79.1 Å². The maximum Gasteiger partial charge on any atom is 0.306 e. The third kappa shape index (κ3) is 28.6. The normalized spacial score (nSPS) is 10.5. The molecule has 1 N–H and O–H groups in total. The maximum absolute atomic E-state index is 10.6. The molecule has 0 amide bonds. The van der Waals surface area contributed by atoms with Crippen LogP contribution in [0.4, 0.5) is 0 Å². The Labute approximate surface area is 178 Å². The summed E-state index contributed by atoms with van der Waals surface area (Å²) in [5, 5.41) is 8.48. The maximum atomic E-state index is 10.6. The van der Waals surface area contributed by atoms with E-state index in [9.17, 15) is 9.59 Å². The van der Waals surface area contributed by atoms with Crippen molar-refractivity contribution in [2.75, 3.05) is 6.61 Å². The lowest BCUT2D eigenvalue weighted by Crippen LogP contribution is -2.08. The van der Waals surface area contributed by atoms with Crippen LogP contribution in [0.3, 0.4) is 0 Å². The van der Waals surface area contributed by atoms with Crippen molar-refractivity contribution in [3.63, 3.8) is 0 Å². The summed E-state index contributed by atoms with van der Waals surface area (Å²) >= 11 is 20.0. The van der Waals surface area contributed by atoms with Gasteiger partial charge in [-0.1, -0.05) is 106 Å². The first-order chi connectivity index (χ1) is 12.1. The highest BCUT2D eigenvalue weighted by Gasteiger charge is 2.08. The molecule has 0 aliphatic rings. The summed E-state index contributed by atoms with van der Waals surface area (Å²) in [6.07, 6.45) is 7.99. The number of hydrogen-bond donors (Lipinski definition) is 1. The molecule has 0 fully saturated rings. The quantitative estimate of drug-likeness (QED) is 0.275. The van der Waals surface area contributed by atoms with Crippen LogP contribution < -0.4 is 0 Å². The molecule has 0 aliphatic heterocycles. The second-order valence-electron chi connectivity index (χ2n) is 5.54. The highest BCUT2D eigenvalue weighted by Crippen LogP contribution is 2.20. The number of hydrogen-bond acceptors (Lipinski definition) is 3. The van der Waals surface area contributed by atoms with Gasteiger partial charge in [0, 0.05) is 6.42 Å². The zero-order chi connectivity index (χ0) is 21.0. The van der Waals surface area contributed by atoms with E-state index in [1.807, 2.05) is 6.92 Å². The molecule has 0 aliphatic carbocycles. The van der Waals surface area contributed by atoms with Crippen molar-refractivity contribution in [1.82, 2.24) is 0 Å². The highest BCUT2D eigenvalue weighted by atomic mass is 35.5. The molecule has 0 saturated heterocycles. The Morgan fingerprint density at radius 3 is 1.69 bits per heavy atom. The Morgan fingerprint density at radius 2 is 1.35 bits per heavy atom. The van der Waals surface area contributed by atoms with E-state index in [0.29, 0.717) is 13.0 Å². The lowest BCUT2D eigenvalue weighted by atomic mass is 10.0. The standard InChI is InChI=1S/2C8H16O2.C2Cl4/c1-3-4-5-6-7(2)8(9)10;1-3-5-6-7-10-8(9)4-2;3-1(4)2(5)6/h7H,3-6H2,1-2H3,(H,9,10);3-7H2,1-2H3;. The summed E-state index contributed by atoms with van der Waals surface area (Å²) < 4.78 is 4.66.